The van der Waals surface area contributed by atoms with E-state index in [4.69, 9.17) is 0 Å². The maximum atomic E-state index is 12.9. The van der Waals surface area contributed by atoms with Crippen LogP contribution in [0.2, 0.25) is 0 Å². The maximum Gasteiger partial charge on any atom is 0.416 e. The Morgan fingerprint density at radius 3 is 2.32 bits per heavy atom. The summed E-state index contributed by atoms with van der Waals surface area (Å²) in [4.78, 5) is 33.7. The van der Waals surface area contributed by atoms with Gasteiger partial charge in [0.05, 0.1) is 22.8 Å². The van der Waals surface area contributed by atoms with Crippen LogP contribution in [0.25, 0.3) is 21.8 Å². The van der Waals surface area contributed by atoms with Gasteiger partial charge in [-0.05, 0) is 61.9 Å². The van der Waals surface area contributed by atoms with Crippen molar-refractivity contribution in [1.29, 1.82) is 0 Å². The molecule has 0 aliphatic rings. The predicted octanol–water partition coefficient (Wildman–Crippen LogP) is 6.29. The number of aromatic nitrogens is 4. The number of H-pyrrole nitrogens is 1. The Balaban J connectivity index is 1.54. The first-order valence-corrected chi connectivity index (χ1v) is 11.6. The van der Waals surface area contributed by atoms with Crippen LogP contribution in [0.1, 0.15) is 45.7 Å². The molecule has 3 N–H and O–H groups in total. The van der Waals surface area contributed by atoms with E-state index < -0.39 is 11.7 Å². The van der Waals surface area contributed by atoms with Gasteiger partial charge in [0, 0.05) is 34.1 Å². The van der Waals surface area contributed by atoms with E-state index in [-0.39, 0.29) is 35.2 Å². The molecule has 0 aliphatic carbocycles. The zero-order valence-corrected chi connectivity index (χ0v) is 20.3. The fourth-order valence-corrected chi connectivity index (χ4v) is 4.08. The Hall–Kier alpha value is -4.80. The van der Waals surface area contributed by atoms with Crippen LogP contribution < -0.4 is 10.6 Å². The van der Waals surface area contributed by atoms with E-state index in [2.05, 4.69) is 30.8 Å². The molecule has 0 saturated carbocycles. The quantitative estimate of drug-likeness (QED) is 0.217. The minimum Gasteiger partial charge on any atom is -0.350 e. The number of halogens is 3. The highest BCUT2D eigenvalue weighted by atomic mass is 19.4. The molecule has 0 unspecified atom stereocenters. The van der Waals surface area contributed by atoms with Crippen LogP contribution in [0.15, 0.2) is 60.8 Å². The first-order valence-electron chi connectivity index (χ1n) is 11.6. The predicted molar refractivity (Wildman–Crippen MR) is 138 cm³/mol. The molecule has 0 radical (unpaired) electrons. The molecule has 8 nitrogen and oxygen atoms in total. The molecule has 0 bridgehead atoms. The molecular weight excluding hydrogens is 497 g/mol. The molecule has 11 heteroatoms. The Kier molecular flexibility index (Phi) is 6.27. The van der Waals surface area contributed by atoms with Gasteiger partial charge in [0.2, 0.25) is 5.95 Å². The van der Waals surface area contributed by atoms with Crippen molar-refractivity contribution in [3.05, 3.63) is 83.0 Å². The molecule has 0 amide bonds. The van der Waals surface area contributed by atoms with Crippen LogP contribution in [0.5, 0.6) is 0 Å². The average Bonchev–Trinajstić information content (AvgIpc) is 3.34. The third-order valence-corrected chi connectivity index (χ3v) is 6.03. The number of fused-ring (bicyclic) bond motifs is 2. The van der Waals surface area contributed by atoms with Gasteiger partial charge in [-0.2, -0.15) is 23.3 Å². The maximum absolute atomic E-state index is 12.9. The van der Waals surface area contributed by atoms with Crippen LogP contribution >= 0.6 is 0 Å². The zero-order valence-electron chi connectivity index (χ0n) is 20.3. The monoisotopic (exact) mass is 518 g/mol. The van der Waals surface area contributed by atoms with Crippen molar-refractivity contribution in [2.24, 2.45) is 0 Å². The molecule has 0 aliphatic heterocycles. The lowest BCUT2D eigenvalue weighted by Gasteiger charge is -2.14. The van der Waals surface area contributed by atoms with Crippen molar-refractivity contribution in [3.63, 3.8) is 0 Å². The van der Waals surface area contributed by atoms with Gasteiger partial charge < -0.3 is 10.6 Å². The number of nitrogens with zero attached hydrogens (tertiary/aromatic N) is 3. The minimum absolute atomic E-state index is 0.162. The molecular formula is C27H21F3N6O2. The molecule has 2 aromatic heterocycles. The summed E-state index contributed by atoms with van der Waals surface area (Å²) in [6.45, 7) is 2.92. The first-order chi connectivity index (χ1) is 18.1. The summed E-state index contributed by atoms with van der Waals surface area (Å²) >= 11 is 0. The molecule has 2 heterocycles. The lowest BCUT2D eigenvalue weighted by atomic mass is 9.98. The van der Waals surface area contributed by atoms with Crippen LogP contribution in [-0.2, 0) is 12.7 Å². The van der Waals surface area contributed by atoms with Gasteiger partial charge in [0.25, 0.3) is 0 Å². The number of nitrogens with one attached hydrogen (secondary N) is 3. The lowest BCUT2D eigenvalue weighted by molar-refractivity contribution is -0.137. The number of ketones is 2. The average molecular weight is 518 g/mol. The molecule has 0 atom stereocenters. The topological polar surface area (TPSA) is 113 Å². The van der Waals surface area contributed by atoms with E-state index >= 15 is 0 Å². The van der Waals surface area contributed by atoms with Gasteiger partial charge in [-0.1, -0.05) is 12.1 Å². The van der Waals surface area contributed by atoms with Crippen molar-refractivity contribution >= 4 is 50.8 Å². The molecule has 0 saturated heterocycles. The van der Waals surface area contributed by atoms with Crippen LogP contribution in [-0.4, -0.2) is 31.7 Å². The molecule has 0 fully saturated rings. The Labute approximate surface area is 214 Å². The molecule has 192 valence electrons. The Morgan fingerprint density at radius 2 is 1.63 bits per heavy atom. The third kappa shape index (κ3) is 5.03. The van der Waals surface area contributed by atoms with E-state index in [9.17, 15) is 22.8 Å². The number of benzene rings is 3. The van der Waals surface area contributed by atoms with Gasteiger partial charge in [0.15, 0.2) is 11.6 Å². The fourth-order valence-electron chi connectivity index (χ4n) is 4.08. The van der Waals surface area contributed by atoms with Crippen molar-refractivity contribution in [3.8, 4) is 0 Å². The fraction of sp³-hybridized carbons (Fsp3) is 0.148. The second kappa shape index (κ2) is 9.58. The lowest BCUT2D eigenvalue weighted by Crippen LogP contribution is -2.09. The molecule has 5 aromatic rings. The summed E-state index contributed by atoms with van der Waals surface area (Å²) in [6.07, 6.45) is -2.73. The SMILES string of the molecule is CC(=O)c1cc2nc(NCc3ccc(C(F)(F)F)cc3)nc(Nc3ccc4[nH]ncc4c3)c2cc1C(C)=O. The van der Waals surface area contributed by atoms with E-state index in [1.54, 1.807) is 18.3 Å². The Morgan fingerprint density at radius 1 is 0.921 bits per heavy atom. The van der Waals surface area contributed by atoms with Crippen LogP contribution in [0.4, 0.5) is 30.6 Å². The number of aromatic amines is 1. The second-order valence-electron chi connectivity index (χ2n) is 8.77. The number of carbonyl (C=O) groups excluding carboxylic acids is 2. The van der Waals surface area contributed by atoms with Crippen molar-refractivity contribution in [2.75, 3.05) is 10.6 Å². The molecule has 0 spiro atoms. The molecule has 38 heavy (non-hydrogen) atoms. The number of carbonyl (C=O) groups is 2. The molecule has 3 aromatic carbocycles. The van der Waals surface area contributed by atoms with E-state index in [1.807, 2.05) is 18.2 Å². The number of alkyl halides is 3. The summed E-state index contributed by atoms with van der Waals surface area (Å²) < 4.78 is 38.7. The summed E-state index contributed by atoms with van der Waals surface area (Å²) in [5, 5.41) is 14.6. The smallest absolute Gasteiger partial charge is 0.350 e. The van der Waals surface area contributed by atoms with Gasteiger partial charge in [-0.25, -0.2) is 4.98 Å². The standard InChI is InChI=1S/C27H21F3N6O2/c1-14(37)20-10-22-24(11-21(20)15(2)38)34-26(31-12-16-3-5-18(6-4-16)27(28,29)30)35-25(22)33-19-7-8-23-17(9-19)13-32-36-23/h3-11,13H,12H2,1-2H3,(H,32,36)(H2,31,33,34,35). The third-order valence-electron chi connectivity index (χ3n) is 6.03. The highest BCUT2D eigenvalue weighted by Gasteiger charge is 2.29. The van der Waals surface area contributed by atoms with Crippen molar-refractivity contribution < 1.29 is 22.8 Å². The summed E-state index contributed by atoms with van der Waals surface area (Å²) in [6, 6.07) is 13.5. The van der Waals surface area contributed by atoms with E-state index in [0.29, 0.717) is 28.0 Å². The largest absolute Gasteiger partial charge is 0.416 e. The van der Waals surface area contributed by atoms with E-state index in [0.717, 1.165) is 23.0 Å². The number of hydrogen-bond acceptors (Lipinski definition) is 7. The summed E-state index contributed by atoms with van der Waals surface area (Å²) in [7, 11) is 0. The normalized spacial score (nSPS) is 11.6. The van der Waals surface area contributed by atoms with Gasteiger partial charge in [0.1, 0.15) is 5.82 Å². The number of hydrogen-bond donors (Lipinski definition) is 3. The zero-order chi connectivity index (χ0) is 27.0. The van der Waals surface area contributed by atoms with Crippen molar-refractivity contribution in [2.45, 2.75) is 26.6 Å². The Bertz CT molecular complexity index is 1690. The second-order valence-corrected chi connectivity index (χ2v) is 8.77. The molecule has 5 rings (SSSR count). The van der Waals surface area contributed by atoms with Crippen LogP contribution in [0, 0.1) is 0 Å². The van der Waals surface area contributed by atoms with Gasteiger partial charge in [-0.15, -0.1) is 0 Å². The first kappa shape index (κ1) is 24.9. The van der Waals surface area contributed by atoms with Crippen molar-refractivity contribution in [1.82, 2.24) is 20.2 Å². The number of Topliss-reactive ketones (excluding diaryl/α,β-unsaturated/α-hetero) is 2. The van der Waals surface area contributed by atoms with Crippen LogP contribution in [0.3, 0.4) is 0 Å². The number of anilines is 3. The number of rotatable bonds is 7. The summed E-state index contributed by atoms with van der Waals surface area (Å²) in [5.41, 5.74) is 2.33. The van der Waals surface area contributed by atoms with Gasteiger partial charge in [-0.3, -0.25) is 14.7 Å². The van der Waals surface area contributed by atoms with E-state index in [1.165, 1.54) is 26.0 Å². The van der Waals surface area contributed by atoms with Gasteiger partial charge >= 0.3 is 6.18 Å². The highest BCUT2D eigenvalue weighted by molar-refractivity contribution is 6.11. The summed E-state index contributed by atoms with van der Waals surface area (Å²) in [5.74, 6) is 0.0157. The highest BCUT2D eigenvalue weighted by Crippen LogP contribution is 2.31. The minimum atomic E-state index is -4.42.